The Morgan fingerprint density at radius 1 is 0.588 bits per heavy atom. The Morgan fingerprint density at radius 2 is 0.971 bits per heavy atom. The molecule has 0 saturated carbocycles. The molecule has 0 rings (SSSR count). The van der Waals surface area contributed by atoms with Crippen molar-refractivity contribution in [1.29, 1.82) is 0 Å². The highest BCUT2D eigenvalue weighted by Crippen LogP contribution is 2.35. The smallest absolute Gasteiger partial charge is 0.221 e. The van der Waals surface area contributed by atoms with Crippen molar-refractivity contribution in [2.75, 3.05) is 52.4 Å². The van der Waals surface area contributed by atoms with Crippen LogP contribution in [-0.4, -0.2) is 74.0 Å². The largest absolute Gasteiger partial charge is 0.356 e. The van der Waals surface area contributed by atoms with Gasteiger partial charge in [-0.05, 0) is 42.2 Å². The van der Waals surface area contributed by atoms with Crippen molar-refractivity contribution in [2.45, 2.75) is 101 Å². The highest BCUT2D eigenvalue weighted by atomic mass is 16.2. The van der Waals surface area contributed by atoms with Crippen LogP contribution < -0.4 is 10.6 Å². The summed E-state index contributed by atoms with van der Waals surface area (Å²) in [5, 5.41) is 6.24. The minimum atomic E-state index is 0.0970. The fourth-order valence-corrected chi connectivity index (χ4v) is 4.12. The fraction of sp³-hybridized carbons (Fsp3) is 0.929. The van der Waals surface area contributed by atoms with E-state index in [2.05, 4.69) is 89.7 Å². The molecule has 2 N–H and O–H groups in total. The molecule has 0 bridgehead atoms. The predicted molar refractivity (Wildman–Crippen MR) is 146 cm³/mol. The summed E-state index contributed by atoms with van der Waals surface area (Å²) in [5.74, 6) is 0.272. The van der Waals surface area contributed by atoms with Gasteiger partial charge in [-0.3, -0.25) is 9.59 Å². The topological polar surface area (TPSA) is 64.7 Å². The van der Waals surface area contributed by atoms with E-state index >= 15 is 0 Å². The molecule has 0 fully saturated rings. The van der Waals surface area contributed by atoms with Crippen LogP contribution in [-0.2, 0) is 9.59 Å². The maximum atomic E-state index is 12.5. The van der Waals surface area contributed by atoms with E-state index in [1.807, 2.05) is 0 Å². The first kappa shape index (κ1) is 32.9. The van der Waals surface area contributed by atoms with Crippen LogP contribution in [0.4, 0.5) is 0 Å². The lowest BCUT2D eigenvalue weighted by molar-refractivity contribution is -0.122. The number of likely N-dealkylation sites (N-methyl/N-ethyl adjacent to an activating group) is 2. The van der Waals surface area contributed by atoms with Gasteiger partial charge >= 0.3 is 0 Å². The molecule has 0 saturated heterocycles. The van der Waals surface area contributed by atoms with E-state index in [1.165, 1.54) is 0 Å². The Morgan fingerprint density at radius 3 is 1.32 bits per heavy atom. The molecule has 0 heterocycles. The van der Waals surface area contributed by atoms with Crippen LogP contribution in [0.15, 0.2) is 0 Å². The summed E-state index contributed by atoms with van der Waals surface area (Å²) in [6.45, 7) is 28.8. The molecule has 0 unspecified atom stereocenters. The molecule has 202 valence electrons. The minimum absolute atomic E-state index is 0.0970. The number of hydrogen-bond donors (Lipinski definition) is 2. The molecular formula is C28H58N4O2. The van der Waals surface area contributed by atoms with Crippen LogP contribution >= 0.6 is 0 Å². The average molecular weight is 483 g/mol. The van der Waals surface area contributed by atoms with Gasteiger partial charge in [0, 0.05) is 52.1 Å². The van der Waals surface area contributed by atoms with Crippen LogP contribution in [0.3, 0.4) is 0 Å². The third-order valence-corrected chi connectivity index (χ3v) is 7.34. The van der Waals surface area contributed by atoms with Crippen molar-refractivity contribution >= 4 is 11.8 Å². The summed E-state index contributed by atoms with van der Waals surface area (Å²) in [6.07, 6.45) is 4.36. The molecule has 0 radical (unpaired) electrons. The molecular weight excluding hydrogens is 424 g/mol. The van der Waals surface area contributed by atoms with Gasteiger partial charge < -0.3 is 20.4 Å². The molecule has 0 aliphatic rings. The fourth-order valence-electron chi connectivity index (χ4n) is 4.12. The van der Waals surface area contributed by atoms with Gasteiger partial charge in [0.2, 0.25) is 11.8 Å². The zero-order valence-electron chi connectivity index (χ0n) is 24.4. The lowest BCUT2D eigenvalue weighted by Gasteiger charge is -2.34. The van der Waals surface area contributed by atoms with E-state index in [4.69, 9.17) is 0 Å². The van der Waals surface area contributed by atoms with Gasteiger partial charge in [0.05, 0.1) is 0 Å². The summed E-state index contributed by atoms with van der Waals surface area (Å²) >= 11 is 0. The van der Waals surface area contributed by atoms with E-state index < -0.39 is 0 Å². The number of carbonyl (C=O) groups is 2. The summed E-state index contributed by atoms with van der Waals surface area (Å²) in [4.78, 5) is 29.4. The SMILES string of the molecule is CCN(CCC(=O)NCC(C)(C)CC)CCN(CC)CCC(=O)NCC(C)(C)CC(C)(C)CC. The van der Waals surface area contributed by atoms with Gasteiger partial charge in [-0.25, -0.2) is 0 Å². The summed E-state index contributed by atoms with van der Waals surface area (Å²) in [7, 11) is 0. The third-order valence-electron chi connectivity index (χ3n) is 7.34. The van der Waals surface area contributed by atoms with E-state index in [0.717, 1.165) is 71.6 Å². The van der Waals surface area contributed by atoms with Gasteiger partial charge in [0.15, 0.2) is 0 Å². The number of hydrogen-bond acceptors (Lipinski definition) is 4. The quantitative estimate of drug-likeness (QED) is 0.274. The Labute approximate surface area is 212 Å². The number of carbonyl (C=O) groups excluding carboxylic acids is 2. The standard InChI is InChI=1S/C28H58N4O2/c1-11-26(5,6)21-28(9,10)23-30-25(34)16-18-32(14-4)20-19-31(13-3)17-15-24(33)29-22-27(7,8)12-2/h11-23H2,1-10H3,(H,29,33)(H,30,34). The normalized spacial score (nSPS) is 12.9. The van der Waals surface area contributed by atoms with Gasteiger partial charge in [0.25, 0.3) is 0 Å². The van der Waals surface area contributed by atoms with Crippen LogP contribution in [0, 0.1) is 16.2 Å². The highest BCUT2D eigenvalue weighted by molar-refractivity contribution is 5.76. The molecule has 6 heteroatoms. The monoisotopic (exact) mass is 482 g/mol. The summed E-state index contributed by atoms with van der Waals surface area (Å²) in [6, 6.07) is 0. The molecule has 0 aromatic carbocycles. The number of nitrogens with zero attached hydrogens (tertiary/aromatic N) is 2. The van der Waals surface area contributed by atoms with E-state index in [-0.39, 0.29) is 22.6 Å². The van der Waals surface area contributed by atoms with Crippen LogP contribution in [0.25, 0.3) is 0 Å². The first-order valence-corrected chi connectivity index (χ1v) is 13.7. The summed E-state index contributed by atoms with van der Waals surface area (Å²) in [5.41, 5.74) is 0.543. The van der Waals surface area contributed by atoms with Crippen molar-refractivity contribution in [1.82, 2.24) is 20.4 Å². The first-order valence-electron chi connectivity index (χ1n) is 13.7. The lowest BCUT2D eigenvalue weighted by atomic mass is 9.73. The average Bonchev–Trinajstić information content (AvgIpc) is 2.77. The molecule has 0 aromatic heterocycles. The maximum Gasteiger partial charge on any atom is 0.221 e. The molecule has 2 amide bonds. The van der Waals surface area contributed by atoms with E-state index in [0.29, 0.717) is 18.3 Å². The lowest BCUT2D eigenvalue weighted by Crippen LogP contribution is -2.40. The highest BCUT2D eigenvalue weighted by Gasteiger charge is 2.28. The van der Waals surface area contributed by atoms with Gasteiger partial charge in [0.1, 0.15) is 0 Å². The Kier molecular flexibility index (Phi) is 15.2. The summed E-state index contributed by atoms with van der Waals surface area (Å²) < 4.78 is 0. The third kappa shape index (κ3) is 15.7. The number of nitrogens with one attached hydrogen (secondary N) is 2. The second-order valence-electron chi connectivity index (χ2n) is 12.3. The van der Waals surface area contributed by atoms with Crippen LogP contribution in [0.2, 0.25) is 0 Å². The van der Waals surface area contributed by atoms with Crippen LogP contribution in [0.5, 0.6) is 0 Å². The maximum absolute atomic E-state index is 12.5. The molecule has 0 aromatic rings. The molecule has 0 aliphatic carbocycles. The van der Waals surface area contributed by atoms with Crippen molar-refractivity contribution in [3.8, 4) is 0 Å². The van der Waals surface area contributed by atoms with Crippen molar-refractivity contribution < 1.29 is 9.59 Å². The zero-order chi connectivity index (χ0) is 26.4. The Balaban J connectivity index is 4.34. The van der Waals surface area contributed by atoms with E-state index in [1.54, 1.807) is 0 Å². The molecule has 6 nitrogen and oxygen atoms in total. The number of amides is 2. The second-order valence-corrected chi connectivity index (χ2v) is 12.3. The Hall–Kier alpha value is -1.14. The van der Waals surface area contributed by atoms with Crippen molar-refractivity contribution in [3.05, 3.63) is 0 Å². The van der Waals surface area contributed by atoms with Gasteiger partial charge in [-0.15, -0.1) is 0 Å². The minimum Gasteiger partial charge on any atom is -0.356 e. The molecule has 0 aliphatic heterocycles. The van der Waals surface area contributed by atoms with Crippen molar-refractivity contribution in [2.24, 2.45) is 16.2 Å². The van der Waals surface area contributed by atoms with Gasteiger partial charge in [-0.1, -0.05) is 75.7 Å². The second kappa shape index (κ2) is 15.8. The predicted octanol–water partition coefficient (Wildman–Crippen LogP) is 4.93. The molecule has 34 heavy (non-hydrogen) atoms. The number of rotatable bonds is 19. The molecule has 0 atom stereocenters. The zero-order valence-corrected chi connectivity index (χ0v) is 24.4. The molecule has 0 spiro atoms. The van der Waals surface area contributed by atoms with Crippen molar-refractivity contribution in [3.63, 3.8) is 0 Å². The van der Waals surface area contributed by atoms with Crippen LogP contribution in [0.1, 0.15) is 101 Å². The first-order chi connectivity index (χ1) is 15.7. The Bertz CT molecular complexity index is 587. The van der Waals surface area contributed by atoms with Gasteiger partial charge in [-0.2, -0.15) is 0 Å². The van der Waals surface area contributed by atoms with E-state index in [9.17, 15) is 9.59 Å².